The van der Waals surface area contributed by atoms with Gasteiger partial charge in [0.25, 0.3) is 0 Å². The minimum Gasteiger partial charge on any atom is -0.465 e. The van der Waals surface area contributed by atoms with Gasteiger partial charge in [-0.05, 0) is 72.8 Å². The molecule has 0 unspecified atom stereocenters. The van der Waals surface area contributed by atoms with Crippen molar-refractivity contribution in [1.82, 2.24) is 20.0 Å². The Kier molecular flexibility index (Phi) is 18.8. The largest absolute Gasteiger partial charge is 0.465 e. The second kappa shape index (κ2) is 24.4. The standard InChI is InChI=1S/C23H25F2N3O4.C20H21F2N3O3.C3H4O2.ClH/c1-31-22(29)16-2-3-17(21(25)12-16)13-28(19-6-4-18(24)5-7-19)23(30)27-10-8-26(9-11-27)20-14-32-15-20;1-28-19(26)14-2-3-15(18(22)12-14)13-25(17-6-4-16(21)5-7-17)20(27)24-10-8-23-9-11-24;4-3-1-5-2-3;/h2-7,12,20H,8-11,13-15H2,1H3;2-7,12,23H,8-11,13H2,1H3;1-2H2;1H. The van der Waals surface area contributed by atoms with Gasteiger partial charge in [0, 0.05) is 74.9 Å². The third kappa shape index (κ3) is 13.5. The van der Waals surface area contributed by atoms with Gasteiger partial charge in [0.05, 0.1) is 57.7 Å². The number of hydrogen-bond acceptors (Lipinski definition) is 11. The summed E-state index contributed by atoms with van der Waals surface area (Å²) in [5.74, 6) is -3.16. The van der Waals surface area contributed by atoms with Crippen molar-refractivity contribution in [3.8, 4) is 0 Å². The lowest BCUT2D eigenvalue weighted by Crippen LogP contribution is -2.59. The van der Waals surface area contributed by atoms with Crippen LogP contribution in [0.25, 0.3) is 0 Å². The van der Waals surface area contributed by atoms with Crippen LogP contribution in [0.4, 0.5) is 38.5 Å². The van der Waals surface area contributed by atoms with Crippen molar-refractivity contribution < 1.29 is 60.5 Å². The number of benzene rings is 4. The summed E-state index contributed by atoms with van der Waals surface area (Å²) < 4.78 is 75.1. The quantitative estimate of drug-likeness (QED) is 0.163. The number of anilines is 2. The lowest BCUT2D eigenvalue weighted by Gasteiger charge is -2.43. The van der Waals surface area contributed by atoms with Crippen molar-refractivity contribution in [1.29, 1.82) is 0 Å². The van der Waals surface area contributed by atoms with Crippen LogP contribution in [0.2, 0.25) is 0 Å². The van der Waals surface area contributed by atoms with Gasteiger partial charge in [-0.1, -0.05) is 12.1 Å². The van der Waals surface area contributed by atoms with Gasteiger partial charge in [0.1, 0.15) is 36.5 Å². The third-order valence-corrected chi connectivity index (χ3v) is 11.0. The molecule has 0 aliphatic carbocycles. The number of piperazine rings is 2. The van der Waals surface area contributed by atoms with Gasteiger partial charge in [-0.3, -0.25) is 19.5 Å². The predicted molar refractivity (Wildman–Crippen MR) is 237 cm³/mol. The van der Waals surface area contributed by atoms with Crippen LogP contribution in [0.5, 0.6) is 0 Å². The fourth-order valence-corrected chi connectivity index (χ4v) is 7.06. The highest BCUT2D eigenvalue weighted by atomic mass is 35.5. The van der Waals surface area contributed by atoms with Gasteiger partial charge in [-0.25, -0.2) is 36.7 Å². The van der Waals surface area contributed by atoms with Crippen molar-refractivity contribution in [2.24, 2.45) is 0 Å². The molecule has 4 aliphatic rings. The number of ether oxygens (including phenoxy) is 4. The molecule has 0 bridgehead atoms. The summed E-state index contributed by atoms with van der Waals surface area (Å²) in [6.45, 7) is 6.96. The number of nitrogens with one attached hydrogen (secondary N) is 1. The number of ketones is 1. The van der Waals surface area contributed by atoms with Crippen LogP contribution in [-0.4, -0.2) is 144 Å². The number of methoxy groups -OCH3 is 2. The molecule has 8 rings (SSSR count). The number of hydrogen-bond donors (Lipinski definition) is 1. The summed E-state index contributed by atoms with van der Waals surface area (Å²) in [7, 11) is 2.44. The molecule has 4 aromatic rings. The van der Waals surface area contributed by atoms with Crippen molar-refractivity contribution in [3.05, 3.63) is 130 Å². The summed E-state index contributed by atoms with van der Waals surface area (Å²) >= 11 is 0. The van der Waals surface area contributed by atoms with E-state index in [4.69, 9.17) is 4.74 Å². The van der Waals surface area contributed by atoms with Gasteiger partial charge in [-0.2, -0.15) is 0 Å². The molecule has 0 aromatic heterocycles. The van der Waals surface area contributed by atoms with Gasteiger partial charge >= 0.3 is 24.0 Å². The van der Waals surface area contributed by atoms with Gasteiger partial charge in [-0.15, -0.1) is 12.4 Å². The van der Waals surface area contributed by atoms with E-state index in [1.165, 1.54) is 96.8 Å². The van der Waals surface area contributed by atoms with E-state index in [-0.39, 0.29) is 65.6 Å². The monoisotopic (exact) mass is 942 g/mol. The second-order valence-corrected chi connectivity index (χ2v) is 15.3. The van der Waals surface area contributed by atoms with Crippen LogP contribution in [0.1, 0.15) is 31.8 Å². The summed E-state index contributed by atoms with van der Waals surface area (Å²) in [6.07, 6.45) is 0. The molecule has 4 amide bonds. The first kappa shape index (κ1) is 50.9. The lowest BCUT2D eigenvalue weighted by molar-refractivity contribution is -0.140. The zero-order valence-electron chi connectivity index (χ0n) is 36.4. The highest BCUT2D eigenvalue weighted by Gasteiger charge is 2.33. The Hall–Kier alpha value is -6.12. The fourth-order valence-electron chi connectivity index (χ4n) is 7.06. The maximum absolute atomic E-state index is 14.7. The normalized spacial score (nSPS) is 15.8. The Morgan fingerprint density at radius 3 is 1.36 bits per heavy atom. The topological polar surface area (TPSA) is 150 Å². The summed E-state index contributed by atoms with van der Waals surface area (Å²) in [4.78, 5) is 68.0. The Morgan fingerprint density at radius 1 is 0.621 bits per heavy atom. The molecule has 20 heteroatoms. The van der Waals surface area contributed by atoms with E-state index in [9.17, 15) is 41.5 Å². The molecule has 354 valence electrons. The highest BCUT2D eigenvalue weighted by molar-refractivity contribution is 5.93. The van der Waals surface area contributed by atoms with Crippen molar-refractivity contribution in [2.45, 2.75) is 19.1 Å². The highest BCUT2D eigenvalue weighted by Crippen LogP contribution is 2.25. The number of nitrogens with zero attached hydrogens (tertiary/aromatic N) is 5. The lowest BCUT2D eigenvalue weighted by atomic mass is 10.1. The molecule has 0 radical (unpaired) electrons. The molecule has 66 heavy (non-hydrogen) atoms. The first-order valence-corrected chi connectivity index (χ1v) is 20.8. The third-order valence-electron chi connectivity index (χ3n) is 11.0. The predicted octanol–water partition coefficient (Wildman–Crippen LogP) is 5.69. The molecule has 4 fully saturated rings. The average molecular weight is 943 g/mol. The van der Waals surface area contributed by atoms with Crippen LogP contribution in [-0.2, 0) is 36.8 Å². The van der Waals surface area contributed by atoms with E-state index >= 15 is 0 Å². The van der Waals surface area contributed by atoms with Crippen molar-refractivity contribution in [3.63, 3.8) is 0 Å². The van der Waals surface area contributed by atoms with E-state index < -0.39 is 35.2 Å². The fraction of sp³-hybridized carbons (Fsp3) is 0.370. The van der Waals surface area contributed by atoms with Crippen LogP contribution in [0.15, 0.2) is 84.9 Å². The van der Waals surface area contributed by atoms with E-state index in [0.717, 1.165) is 38.4 Å². The Morgan fingerprint density at radius 2 is 1.03 bits per heavy atom. The molecule has 4 aromatic carbocycles. The first-order valence-electron chi connectivity index (χ1n) is 20.8. The zero-order chi connectivity index (χ0) is 46.5. The molecule has 4 saturated heterocycles. The number of carbonyl (C=O) groups excluding carboxylic acids is 5. The Balaban J connectivity index is 0.000000222. The number of esters is 2. The molecule has 15 nitrogen and oxygen atoms in total. The second-order valence-electron chi connectivity index (χ2n) is 15.3. The van der Waals surface area contributed by atoms with Crippen LogP contribution >= 0.6 is 12.4 Å². The Labute approximate surface area is 385 Å². The number of amides is 4. The van der Waals surface area contributed by atoms with Crippen LogP contribution < -0.4 is 15.1 Å². The molecule has 4 aliphatic heterocycles. The number of Topliss-reactive ketones (excluding diaryl/α,β-unsaturated/α-hetero) is 1. The molecule has 0 spiro atoms. The molecular weight excluding hydrogens is 892 g/mol. The van der Waals surface area contributed by atoms with Crippen LogP contribution in [0.3, 0.4) is 0 Å². The minimum absolute atomic E-state index is 0. The summed E-state index contributed by atoms with van der Waals surface area (Å²) in [5.41, 5.74) is 1.57. The zero-order valence-corrected chi connectivity index (χ0v) is 37.2. The molecular formula is C46H51ClF4N6O9. The van der Waals surface area contributed by atoms with E-state index in [1.54, 1.807) is 9.80 Å². The van der Waals surface area contributed by atoms with E-state index in [1.807, 2.05) is 0 Å². The van der Waals surface area contributed by atoms with E-state index in [2.05, 4.69) is 24.4 Å². The number of carbonyl (C=O) groups is 5. The number of halogens is 5. The van der Waals surface area contributed by atoms with Crippen molar-refractivity contribution >= 4 is 53.6 Å². The Bertz CT molecular complexity index is 2290. The van der Waals surface area contributed by atoms with Crippen molar-refractivity contribution in [2.75, 3.05) is 103 Å². The maximum Gasteiger partial charge on any atom is 0.337 e. The number of urea groups is 2. The summed E-state index contributed by atoms with van der Waals surface area (Å²) in [5, 5.41) is 3.17. The van der Waals surface area contributed by atoms with Crippen LogP contribution in [0, 0.1) is 23.3 Å². The number of rotatable bonds is 9. The summed E-state index contributed by atoms with van der Waals surface area (Å²) in [6, 6.07) is 18.8. The molecule has 4 heterocycles. The van der Waals surface area contributed by atoms with Gasteiger partial charge < -0.3 is 34.1 Å². The van der Waals surface area contributed by atoms with Gasteiger partial charge in [0.15, 0.2) is 5.78 Å². The average Bonchev–Trinajstić information content (AvgIpc) is 3.30. The van der Waals surface area contributed by atoms with Gasteiger partial charge in [0.2, 0.25) is 0 Å². The molecule has 0 saturated carbocycles. The molecule has 1 N–H and O–H groups in total. The minimum atomic E-state index is -0.642. The first-order chi connectivity index (χ1) is 31.3. The SMILES string of the molecule is COC(=O)c1ccc(CN(C(=O)N2CCN(C3COC3)CC2)c2ccc(F)cc2)c(F)c1.COC(=O)c1ccc(CN(C(=O)N2CCNCC2)c2ccc(F)cc2)c(F)c1.Cl.O=C1COC1. The maximum atomic E-state index is 14.7. The molecule has 0 atom stereocenters. The smallest absolute Gasteiger partial charge is 0.337 e. The van der Waals surface area contributed by atoms with E-state index in [0.29, 0.717) is 69.9 Å².